The molecule has 2 aromatic heterocycles. The van der Waals surface area contributed by atoms with Gasteiger partial charge in [0.05, 0.1) is 25.2 Å². The Bertz CT molecular complexity index is 761. The van der Waals surface area contributed by atoms with Crippen LogP contribution in [0.3, 0.4) is 0 Å². The predicted molar refractivity (Wildman–Crippen MR) is 85.9 cm³/mol. The Balaban J connectivity index is 1.43. The third-order valence-corrected chi connectivity index (χ3v) is 5.10. The highest BCUT2D eigenvalue weighted by molar-refractivity contribution is 5.54. The smallest absolute Gasteiger partial charge is 0.237 e. The monoisotopic (exact) mass is 327 g/mol. The van der Waals surface area contributed by atoms with Crippen LogP contribution in [0.4, 0.5) is 0 Å². The molecule has 6 nitrogen and oxygen atoms in total. The van der Waals surface area contributed by atoms with Crippen molar-refractivity contribution in [3.63, 3.8) is 0 Å². The van der Waals surface area contributed by atoms with Crippen LogP contribution in [0, 0.1) is 5.92 Å². The molecule has 0 amide bonds. The van der Waals surface area contributed by atoms with Crippen molar-refractivity contribution < 1.29 is 14.0 Å². The predicted octanol–water partition coefficient (Wildman–Crippen LogP) is 3.09. The molecule has 0 unspecified atom stereocenters. The number of hydrogen-bond acceptors (Lipinski definition) is 6. The first-order chi connectivity index (χ1) is 11.7. The summed E-state index contributed by atoms with van der Waals surface area (Å²) < 4.78 is 16.8. The maximum absolute atomic E-state index is 6.08. The Hall–Kier alpha value is -1.95. The Morgan fingerprint density at radius 3 is 2.75 bits per heavy atom. The van der Waals surface area contributed by atoms with Crippen LogP contribution in [0.2, 0.25) is 0 Å². The van der Waals surface area contributed by atoms with Gasteiger partial charge >= 0.3 is 0 Å². The Labute approximate surface area is 140 Å². The van der Waals surface area contributed by atoms with Crippen LogP contribution in [0.1, 0.15) is 50.0 Å². The first-order valence-corrected chi connectivity index (χ1v) is 8.76. The third-order valence-electron chi connectivity index (χ3n) is 5.10. The van der Waals surface area contributed by atoms with E-state index in [0.717, 1.165) is 18.3 Å². The van der Waals surface area contributed by atoms with Gasteiger partial charge in [-0.3, -0.25) is 4.98 Å². The van der Waals surface area contributed by atoms with Gasteiger partial charge in [-0.05, 0) is 44.4 Å². The van der Waals surface area contributed by atoms with Gasteiger partial charge in [0.25, 0.3) is 0 Å². The van der Waals surface area contributed by atoms with Gasteiger partial charge in [0.15, 0.2) is 0 Å². The second-order valence-corrected chi connectivity index (χ2v) is 7.61. The fourth-order valence-corrected chi connectivity index (χ4v) is 2.99. The van der Waals surface area contributed by atoms with Gasteiger partial charge in [0, 0.05) is 17.8 Å². The molecule has 5 rings (SSSR count). The summed E-state index contributed by atoms with van der Waals surface area (Å²) in [4.78, 5) is 9.09. The summed E-state index contributed by atoms with van der Waals surface area (Å²) in [6.07, 6.45) is 6.95. The maximum atomic E-state index is 6.08. The number of nitrogens with zero attached hydrogens (tertiary/aromatic N) is 3. The van der Waals surface area contributed by atoms with Crippen molar-refractivity contribution in [1.29, 1.82) is 0 Å². The molecule has 24 heavy (non-hydrogen) atoms. The minimum atomic E-state index is -0.162. The molecule has 0 N–H and O–H groups in total. The van der Waals surface area contributed by atoms with Crippen LogP contribution in [0.5, 0.6) is 5.75 Å². The molecule has 0 bridgehead atoms. The van der Waals surface area contributed by atoms with E-state index in [2.05, 4.69) is 22.0 Å². The van der Waals surface area contributed by atoms with Gasteiger partial charge in [-0.2, -0.15) is 4.98 Å². The number of ether oxygens (including phenoxy) is 2. The second-order valence-electron chi connectivity index (χ2n) is 7.61. The highest BCUT2D eigenvalue weighted by atomic mass is 16.5. The third kappa shape index (κ3) is 2.59. The van der Waals surface area contributed by atoms with E-state index in [4.69, 9.17) is 14.0 Å². The summed E-state index contributed by atoms with van der Waals surface area (Å²) in [5.41, 5.74) is 1.77. The maximum Gasteiger partial charge on any atom is 0.237 e. The minimum absolute atomic E-state index is 0.162. The van der Waals surface area contributed by atoms with Crippen molar-refractivity contribution in [3.8, 4) is 17.3 Å². The molecule has 2 aliphatic carbocycles. The normalized spacial score (nSPS) is 22.2. The van der Waals surface area contributed by atoms with E-state index in [0.29, 0.717) is 36.5 Å². The number of aromatic nitrogens is 3. The van der Waals surface area contributed by atoms with E-state index in [1.165, 1.54) is 31.2 Å². The first kappa shape index (κ1) is 14.4. The fourth-order valence-electron chi connectivity index (χ4n) is 2.99. The lowest BCUT2D eigenvalue weighted by Crippen LogP contribution is -2.44. The average molecular weight is 327 g/mol. The highest BCUT2D eigenvalue weighted by Gasteiger charge is 2.41. The number of pyridine rings is 1. The van der Waals surface area contributed by atoms with Gasteiger partial charge in [-0.1, -0.05) is 5.16 Å². The van der Waals surface area contributed by atoms with Crippen LogP contribution in [-0.4, -0.2) is 34.9 Å². The fraction of sp³-hybridized carbons (Fsp3) is 0.611. The molecule has 3 aliphatic rings. The van der Waals surface area contributed by atoms with Crippen molar-refractivity contribution in [2.24, 2.45) is 5.92 Å². The molecule has 0 radical (unpaired) electrons. The van der Waals surface area contributed by atoms with Crippen LogP contribution in [0.15, 0.2) is 16.8 Å². The summed E-state index contributed by atoms with van der Waals surface area (Å²) in [5.74, 6) is 3.42. The number of hydrogen-bond donors (Lipinski definition) is 0. The molecule has 6 heteroatoms. The quantitative estimate of drug-likeness (QED) is 0.812. The summed E-state index contributed by atoms with van der Waals surface area (Å²) in [6, 6.07) is 1.98. The molecule has 0 aromatic carbocycles. The van der Waals surface area contributed by atoms with Gasteiger partial charge in [-0.25, -0.2) is 0 Å². The van der Waals surface area contributed by atoms with Crippen molar-refractivity contribution >= 4 is 0 Å². The lowest BCUT2D eigenvalue weighted by molar-refractivity contribution is -0.0644. The zero-order valence-electron chi connectivity index (χ0n) is 13.8. The Morgan fingerprint density at radius 2 is 2.08 bits per heavy atom. The first-order valence-electron chi connectivity index (χ1n) is 8.76. The molecule has 2 aromatic rings. The van der Waals surface area contributed by atoms with Gasteiger partial charge in [-0.15, -0.1) is 0 Å². The molecular formula is C18H21N3O3. The number of rotatable bonds is 6. The molecule has 3 heterocycles. The van der Waals surface area contributed by atoms with Crippen LogP contribution in [-0.2, 0) is 10.2 Å². The standard InChI is InChI=1S/C18H21N3O3/c1-18(9-22-10-18)17-20-16(21-24-17)14-6-15(23-8-11-2-3-11)13(7-19-14)12-4-5-12/h6-7,11-12H,2-5,8-10H2,1H3. The Morgan fingerprint density at radius 1 is 1.25 bits per heavy atom. The van der Waals surface area contributed by atoms with Crippen molar-refractivity contribution in [1.82, 2.24) is 15.1 Å². The molecule has 3 fully saturated rings. The lowest BCUT2D eigenvalue weighted by atomic mass is 9.89. The molecule has 0 spiro atoms. The van der Waals surface area contributed by atoms with E-state index < -0.39 is 0 Å². The van der Waals surface area contributed by atoms with Crippen LogP contribution >= 0.6 is 0 Å². The van der Waals surface area contributed by atoms with E-state index in [1.807, 2.05) is 12.3 Å². The molecular weight excluding hydrogens is 306 g/mol. The highest BCUT2D eigenvalue weighted by Crippen LogP contribution is 2.45. The van der Waals surface area contributed by atoms with Crippen molar-refractivity contribution in [3.05, 3.63) is 23.7 Å². The van der Waals surface area contributed by atoms with Gasteiger partial charge in [0.2, 0.25) is 11.7 Å². The SMILES string of the molecule is CC1(c2nc(-c3cc(OCC4CC4)c(C4CC4)cn3)no2)COC1. The molecule has 1 aliphatic heterocycles. The van der Waals surface area contributed by atoms with E-state index in [-0.39, 0.29) is 5.41 Å². The van der Waals surface area contributed by atoms with Crippen molar-refractivity contribution in [2.45, 2.75) is 43.9 Å². The summed E-state index contributed by atoms with van der Waals surface area (Å²) in [6.45, 7) is 4.12. The van der Waals surface area contributed by atoms with E-state index >= 15 is 0 Å². The molecule has 2 saturated carbocycles. The van der Waals surface area contributed by atoms with E-state index in [1.54, 1.807) is 0 Å². The molecule has 0 atom stereocenters. The zero-order chi connectivity index (χ0) is 16.1. The van der Waals surface area contributed by atoms with Gasteiger partial charge in [0.1, 0.15) is 11.4 Å². The van der Waals surface area contributed by atoms with Crippen molar-refractivity contribution in [2.75, 3.05) is 19.8 Å². The largest absolute Gasteiger partial charge is 0.493 e. The van der Waals surface area contributed by atoms with Crippen LogP contribution in [0.25, 0.3) is 11.5 Å². The minimum Gasteiger partial charge on any atom is -0.493 e. The average Bonchev–Trinajstić information content (AvgIpc) is 3.49. The zero-order valence-corrected chi connectivity index (χ0v) is 13.8. The molecule has 1 saturated heterocycles. The second kappa shape index (κ2) is 5.28. The van der Waals surface area contributed by atoms with Crippen LogP contribution < -0.4 is 4.74 Å². The Kier molecular flexibility index (Phi) is 3.16. The lowest BCUT2D eigenvalue weighted by Gasteiger charge is -2.33. The summed E-state index contributed by atoms with van der Waals surface area (Å²) in [5, 5.41) is 4.11. The van der Waals surface area contributed by atoms with Gasteiger partial charge < -0.3 is 14.0 Å². The summed E-state index contributed by atoms with van der Waals surface area (Å²) >= 11 is 0. The topological polar surface area (TPSA) is 70.3 Å². The molecule has 126 valence electrons. The summed E-state index contributed by atoms with van der Waals surface area (Å²) in [7, 11) is 0. The van der Waals surface area contributed by atoms with E-state index in [9.17, 15) is 0 Å².